The molecule has 0 aliphatic carbocycles. The largest absolute Gasteiger partial charge is 0.392 e. The molecule has 0 spiro atoms. The van der Waals surface area contributed by atoms with E-state index >= 15 is 0 Å². The van der Waals surface area contributed by atoms with E-state index in [9.17, 15) is 5.11 Å². The Morgan fingerprint density at radius 1 is 1.22 bits per heavy atom. The number of aliphatic imine (C=N–C) groups is 1. The van der Waals surface area contributed by atoms with E-state index in [1.54, 1.807) is 6.20 Å². The molecule has 3 nitrogen and oxygen atoms in total. The summed E-state index contributed by atoms with van der Waals surface area (Å²) in [5, 5.41) is 9.93. The van der Waals surface area contributed by atoms with E-state index in [1.165, 1.54) is 16.8 Å². The Hall–Kier alpha value is -2.13. The number of allylic oxidation sites excluding steroid dienone is 6. The molecule has 0 aromatic carbocycles. The highest BCUT2D eigenvalue weighted by molar-refractivity contribution is 5.63. The Labute approximate surface area is 166 Å². The quantitative estimate of drug-likeness (QED) is 0.403. The molecule has 0 bridgehead atoms. The molecule has 1 heterocycles. The molecular weight excluding hydrogens is 332 g/mol. The van der Waals surface area contributed by atoms with Crippen molar-refractivity contribution in [3.8, 4) is 0 Å². The van der Waals surface area contributed by atoms with Crippen molar-refractivity contribution in [3.63, 3.8) is 0 Å². The predicted octanol–water partition coefficient (Wildman–Crippen LogP) is 6.27. The topological polar surface area (TPSA) is 37.5 Å². The molecule has 3 heteroatoms. The van der Waals surface area contributed by atoms with Crippen LogP contribution in [0.25, 0.3) is 0 Å². The fourth-order valence-corrected chi connectivity index (χ4v) is 3.19. The third-order valence-electron chi connectivity index (χ3n) is 4.22. The van der Waals surface area contributed by atoms with Gasteiger partial charge in [0, 0.05) is 42.3 Å². The maximum Gasteiger partial charge on any atom is 0.0702 e. The number of aliphatic hydroxyl groups is 1. The summed E-state index contributed by atoms with van der Waals surface area (Å²) in [4.78, 5) is 4.32. The van der Waals surface area contributed by atoms with Crippen LogP contribution < -0.4 is 0 Å². The van der Waals surface area contributed by atoms with Gasteiger partial charge in [0.2, 0.25) is 0 Å². The van der Waals surface area contributed by atoms with Gasteiger partial charge < -0.3 is 9.67 Å². The zero-order valence-corrected chi connectivity index (χ0v) is 18.3. The Bertz CT molecular complexity index is 686. The van der Waals surface area contributed by atoms with E-state index in [0.717, 1.165) is 24.2 Å². The van der Waals surface area contributed by atoms with Crippen molar-refractivity contribution in [2.75, 3.05) is 0 Å². The van der Waals surface area contributed by atoms with E-state index in [4.69, 9.17) is 0 Å². The molecule has 0 saturated heterocycles. The number of hydrogen-bond donors (Lipinski definition) is 1. The summed E-state index contributed by atoms with van der Waals surface area (Å²) >= 11 is 0. The van der Waals surface area contributed by atoms with Gasteiger partial charge in [-0.25, -0.2) is 0 Å². The average Bonchev–Trinajstić information content (AvgIpc) is 2.92. The van der Waals surface area contributed by atoms with Crippen LogP contribution in [0.2, 0.25) is 0 Å². The van der Waals surface area contributed by atoms with E-state index in [2.05, 4.69) is 43.0 Å². The van der Waals surface area contributed by atoms with Crippen molar-refractivity contribution in [1.29, 1.82) is 0 Å². The summed E-state index contributed by atoms with van der Waals surface area (Å²) in [5.74, 6) is 0.348. The first-order chi connectivity index (χ1) is 13.0. The van der Waals surface area contributed by atoms with Crippen molar-refractivity contribution >= 4 is 6.21 Å². The second-order valence-electron chi connectivity index (χ2n) is 6.32. The minimum absolute atomic E-state index is 0.0650. The Balaban J connectivity index is 0.00000326. The Morgan fingerprint density at radius 3 is 2.37 bits per heavy atom. The van der Waals surface area contributed by atoms with Crippen LogP contribution >= 0.6 is 0 Å². The van der Waals surface area contributed by atoms with Gasteiger partial charge in [0.25, 0.3) is 0 Å². The molecule has 0 unspecified atom stereocenters. The first-order valence-corrected chi connectivity index (χ1v) is 9.90. The fraction of sp³-hybridized carbons (Fsp3) is 0.458. The van der Waals surface area contributed by atoms with E-state index < -0.39 is 0 Å². The van der Waals surface area contributed by atoms with Crippen LogP contribution in [-0.4, -0.2) is 15.9 Å². The highest BCUT2D eigenvalue weighted by Crippen LogP contribution is 2.30. The molecule has 1 N–H and O–H groups in total. The van der Waals surface area contributed by atoms with Crippen molar-refractivity contribution in [2.24, 2.45) is 4.99 Å². The first-order valence-electron chi connectivity index (χ1n) is 9.90. The molecule has 0 fully saturated rings. The van der Waals surface area contributed by atoms with Crippen LogP contribution in [0.4, 0.5) is 0 Å². The monoisotopic (exact) mass is 370 g/mol. The Morgan fingerprint density at radius 2 is 1.89 bits per heavy atom. The van der Waals surface area contributed by atoms with Crippen LogP contribution in [0.3, 0.4) is 0 Å². The zero-order chi connectivity index (χ0) is 20.8. The number of aromatic nitrogens is 1. The van der Waals surface area contributed by atoms with Gasteiger partial charge >= 0.3 is 0 Å². The molecule has 0 saturated carbocycles. The fourth-order valence-electron chi connectivity index (χ4n) is 3.19. The van der Waals surface area contributed by atoms with Gasteiger partial charge in [-0.05, 0) is 37.8 Å². The summed E-state index contributed by atoms with van der Waals surface area (Å²) in [6.45, 7) is 19.1. The van der Waals surface area contributed by atoms with Gasteiger partial charge in [-0.3, -0.25) is 4.99 Å². The van der Waals surface area contributed by atoms with E-state index in [-0.39, 0.29) is 6.61 Å². The van der Waals surface area contributed by atoms with Gasteiger partial charge in [0.05, 0.1) is 6.61 Å². The highest BCUT2D eigenvalue weighted by Gasteiger charge is 2.21. The van der Waals surface area contributed by atoms with Crippen molar-refractivity contribution < 1.29 is 5.11 Å². The third kappa shape index (κ3) is 7.18. The molecular formula is C24H38N2O. The van der Waals surface area contributed by atoms with Crippen molar-refractivity contribution in [1.82, 2.24) is 4.57 Å². The zero-order valence-electron chi connectivity index (χ0n) is 18.3. The first kappa shape index (κ1) is 24.9. The minimum Gasteiger partial charge on any atom is -0.392 e. The lowest BCUT2D eigenvalue weighted by Gasteiger charge is -2.14. The van der Waals surface area contributed by atoms with Crippen molar-refractivity contribution in [2.45, 2.75) is 74.0 Å². The average molecular weight is 371 g/mol. The molecule has 0 aliphatic rings. The van der Waals surface area contributed by atoms with Gasteiger partial charge in [-0.15, -0.1) is 0 Å². The summed E-state index contributed by atoms with van der Waals surface area (Å²) in [5.41, 5.74) is 5.82. The summed E-state index contributed by atoms with van der Waals surface area (Å²) in [6.07, 6.45) is 14.4. The standard InChI is InChI=1S/C22H32N2O.C2H6/c1-7-10-19(11-8-2)15-24-18(6)20(16-25)22(17(4)5)21(24)12-14-23-13-9-3;1-2/h7-11,13-14,17,25H,1,12,15-16H2,2-6H3;1-2H3/b11-8-,13-9-,19-10+,23-14?;. The number of aliphatic hydroxyl groups excluding tert-OH is 1. The number of nitrogens with zero attached hydrogens (tertiary/aromatic N) is 2. The second kappa shape index (κ2) is 14.0. The highest BCUT2D eigenvalue weighted by atomic mass is 16.3. The molecule has 1 aromatic rings. The van der Waals surface area contributed by atoms with Gasteiger partial charge in [-0.2, -0.15) is 0 Å². The van der Waals surface area contributed by atoms with Crippen LogP contribution in [0.5, 0.6) is 0 Å². The normalized spacial score (nSPS) is 12.4. The summed E-state index contributed by atoms with van der Waals surface area (Å²) in [6, 6.07) is 0. The smallest absolute Gasteiger partial charge is 0.0702 e. The van der Waals surface area contributed by atoms with Crippen molar-refractivity contribution in [3.05, 3.63) is 71.2 Å². The van der Waals surface area contributed by atoms with Gasteiger partial charge in [-0.1, -0.05) is 64.7 Å². The maximum atomic E-state index is 9.93. The van der Waals surface area contributed by atoms with Crippen LogP contribution in [-0.2, 0) is 19.6 Å². The predicted molar refractivity (Wildman–Crippen MR) is 121 cm³/mol. The van der Waals surface area contributed by atoms with Gasteiger partial charge in [0.15, 0.2) is 0 Å². The molecule has 0 atom stereocenters. The number of rotatable bonds is 9. The molecule has 0 amide bonds. The lowest BCUT2D eigenvalue weighted by Crippen LogP contribution is -2.09. The lowest BCUT2D eigenvalue weighted by atomic mass is 9.97. The van der Waals surface area contributed by atoms with Crippen LogP contribution in [0.1, 0.15) is 70.0 Å². The molecule has 0 radical (unpaired) electrons. The molecule has 0 aliphatic heterocycles. The van der Waals surface area contributed by atoms with Gasteiger partial charge in [0.1, 0.15) is 0 Å². The second-order valence-corrected chi connectivity index (χ2v) is 6.32. The van der Waals surface area contributed by atoms with E-state index in [0.29, 0.717) is 5.92 Å². The number of hydrogen-bond acceptors (Lipinski definition) is 2. The minimum atomic E-state index is 0.0650. The molecule has 27 heavy (non-hydrogen) atoms. The van der Waals surface area contributed by atoms with Crippen LogP contribution in [0, 0.1) is 6.92 Å². The molecule has 1 rings (SSSR count). The van der Waals surface area contributed by atoms with E-state index in [1.807, 2.05) is 58.2 Å². The Kier molecular flexibility index (Phi) is 12.9. The third-order valence-corrected chi connectivity index (χ3v) is 4.22. The summed E-state index contributed by atoms with van der Waals surface area (Å²) in [7, 11) is 0. The van der Waals surface area contributed by atoms with Crippen LogP contribution in [0.15, 0.2) is 53.7 Å². The molecule has 150 valence electrons. The SMILES string of the molecule is C=C/C=C(\C=C/C)Cn1c(C)c(CO)c(C(C)C)c1CC=N/C=C\C.CC. The summed E-state index contributed by atoms with van der Waals surface area (Å²) < 4.78 is 2.30. The lowest BCUT2D eigenvalue weighted by molar-refractivity contribution is 0.279. The maximum absolute atomic E-state index is 9.93. The molecule has 1 aromatic heterocycles.